The minimum absolute atomic E-state index is 0. The van der Waals surface area contributed by atoms with Gasteiger partial charge in [-0.2, -0.15) is 0 Å². The average molecular weight is 490 g/mol. The van der Waals surface area contributed by atoms with Crippen LogP contribution in [-0.4, -0.2) is 42.5 Å². The van der Waals surface area contributed by atoms with E-state index in [0.29, 0.717) is 0 Å². The van der Waals surface area contributed by atoms with Gasteiger partial charge in [0, 0.05) is 36.9 Å². The summed E-state index contributed by atoms with van der Waals surface area (Å²) in [4.78, 5) is 14.1. The highest BCUT2D eigenvalue weighted by molar-refractivity contribution is 14.0. The van der Waals surface area contributed by atoms with Crippen LogP contribution in [0.2, 0.25) is 0 Å². The molecule has 0 radical (unpaired) electrons. The van der Waals surface area contributed by atoms with Crippen LogP contribution in [-0.2, 0) is 6.42 Å². The van der Waals surface area contributed by atoms with Crippen LogP contribution in [0.15, 0.2) is 22.5 Å². The lowest BCUT2D eigenvalue weighted by Gasteiger charge is -2.33. The van der Waals surface area contributed by atoms with Crippen molar-refractivity contribution in [1.29, 1.82) is 0 Å². The normalized spacial score (nSPS) is 18.1. The van der Waals surface area contributed by atoms with E-state index in [-0.39, 0.29) is 24.0 Å². The summed E-state index contributed by atoms with van der Waals surface area (Å²) in [5.41, 5.74) is 1.11. The maximum atomic E-state index is 4.57. The third-order valence-corrected chi connectivity index (χ3v) is 6.30. The van der Waals surface area contributed by atoms with Gasteiger partial charge in [-0.05, 0) is 44.2 Å². The van der Waals surface area contributed by atoms with Gasteiger partial charge in [0.1, 0.15) is 0 Å². The van der Waals surface area contributed by atoms with Crippen LogP contribution in [0.1, 0.15) is 29.7 Å². The molecule has 138 valence electrons. The van der Waals surface area contributed by atoms with E-state index < -0.39 is 0 Å². The number of thiophene rings is 1. The maximum Gasteiger partial charge on any atom is 0.193 e. The van der Waals surface area contributed by atoms with Crippen LogP contribution in [0, 0.1) is 12.8 Å². The number of aliphatic imine (C=N–C) groups is 1. The van der Waals surface area contributed by atoms with E-state index in [2.05, 4.69) is 51.6 Å². The van der Waals surface area contributed by atoms with Crippen molar-refractivity contribution in [2.24, 2.45) is 10.9 Å². The first-order valence-electron chi connectivity index (χ1n) is 8.62. The van der Waals surface area contributed by atoms with Crippen molar-refractivity contribution in [3.63, 3.8) is 0 Å². The summed E-state index contributed by atoms with van der Waals surface area (Å²) in [6.45, 7) is 7.54. The van der Waals surface area contributed by atoms with Gasteiger partial charge in [-0.3, -0.25) is 4.99 Å². The molecule has 25 heavy (non-hydrogen) atoms. The van der Waals surface area contributed by atoms with Gasteiger partial charge >= 0.3 is 0 Å². The summed E-state index contributed by atoms with van der Waals surface area (Å²) >= 11 is 3.56. The Morgan fingerprint density at radius 2 is 2.28 bits per heavy atom. The Hall–Kier alpha value is -0.670. The quantitative estimate of drug-likeness (QED) is 0.386. The summed E-state index contributed by atoms with van der Waals surface area (Å²) in [5, 5.41) is 6.80. The number of nitrogens with zero attached hydrogens (tertiary/aromatic N) is 3. The fraction of sp³-hybridized carbons (Fsp3) is 0.556. The van der Waals surface area contributed by atoms with Crippen molar-refractivity contribution < 1.29 is 0 Å². The minimum Gasteiger partial charge on any atom is -0.356 e. The Bertz CT molecular complexity index is 695. The van der Waals surface area contributed by atoms with Gasteiger partial charge in [-0.1, -0.05) is 6.92 Å². The van der Waals surface area contributed by atoms with Crippen LogP contribution < -0.4 is 5.32 Å². The molecule has 0 amide bonds. The number of aromatic nitrogens is 1. The molecule has 2 aromatic heterocycles. The molecule has 1 saturated heterocycles. The third kappa shape index (κ3) is 5.65. The summed E-state index contributed by atoms with van der Waals surface area (Å²) in [5.74, 6) is 1.81. The molecule has 1 aliphatic heterocycles. The van der Waals surface area contributed by atoms with Gasteiger partial charge in [0.2, 0.25) is 0 Å². The second-order valence-electron chi connectivity index (χ2n) is 6.44. The molecule has 0 aliphatic carbocycles. The number of likely N-dealkylation sites (tertiary alicyclic amines) is 1. The largest absolute Gasteiger partial charge is 0.356 e. The van der Waals surface area contributed by atoms with Crippen molar-refractivity contribution in [2.45, 2.75) is 33.1 Å². The molecular formula is C18H27IN4S2. The second-order valence-corrected chi connectivity index (χ2v) is 8.67. The lowest BCUT2D eigenvalue weighted by molar-refractivity contribution is 0.266. The van der Waals surface area contributed by atoms with Crippen molar-refractivity contribution in [2.75, 3.05) is 26.7 Å². The van der Waals surface area contributed by atoms with Crippen molar-refractivity contribution >= 4 is 52.6 Å². The van der Waals surface area contributed by atoms with Crippen molar-refractivity contribution in [1.82, 2.24) is 15.2 Å². The number of halogens is 1. The van der Waals surface area contributed by atoms with Crippen LogP contribution >= 0.6 is 46.7 Å². The molecule has 3 rings (SSSR count). The molecule has 0 spiro atoms. The Kier molecular flexibility index (Phi) is 8.15. The molecule has 0 aromatic carbocycles. The number of nitrogens with one attached hydrogen (secondary N) is 1. The van der Waals surface area contributed by atoms with E-state index in [9.17, 15) is 0 Å². The lowest BCUT2D eigenvalue weighted by Crippen LogP contribution is -2.46. The van der Waals surface area contributed by atoms with E-state index in [1.54, 1.807) is 11.3 Å². The molecule has 4 nitrogen and oxygen atoms in total. The molecule has 3 heterocycles. The number of rotatable bonds is 4. The maximum absolute atomic E-state index is 4.57. The third-order valence-electron chi connectivity index (χ3n) is 4.36. The highest BCUT2D eigenvalue weighted by atomic mass is 127. The predicted molar refractivity (Wildman–Crippen MR) is 121 cm³/mol. The van der Waals surface area contributed by atoms with Crippen molar-refractivity contribution in [3.8, 4) is 10.6 Å². The molecule has 1 unspecified atom stereocenters. The number of hydrogen-bond acceptors (Lipinski definition) is 4. The van der Waals surface area contributed by atoms with E-state index in [4.69, 9.17) is 0 Å². The van der Waals surface area contributed by atoms with Gasteiger partial charge in [-0.25, -0.2) is 4.98 Å². The molecule has 2 aromatic rings. The van der Waals surface area contributed by atoms with Gasteiger partial charge < -0.3 is 10.2 Å². The molecule has 1 N–H and O–H groups in total. The van der Waals surface area contributed by atoms with Gasteiger partial charge in [0.15, 0.2) is 5.96 Å². The van der Waals surface area contributed by atoms with E-state index in [1.807, 2.05) is 18.4 Å². The zero-order valence-corrected chi connectivity index (χ0v) is 19.1. The molecule has 1 atom stereocenters. The fourth-order valence-corrected chi connectivity index (χ4v) is 4.79. The monoisotopic (exact) mass is 490 g/mol. The Balaban J connectivity index is 0.00000225. The molecule has 0 saturated carbocycles. The van der Waals surface area contributed by atoms with Crippen LogP contribution in [0.3, 0.4) is 0 Å². The first-order valence-corrected chi connectivity index (χ1v) is 10.3. The molecule has 7 heteroatoms. The lowest BCUT2D eigenvalue weighted by atomic mass is 10.0. The van der Waals surface area contributed by atoms with Crippen LogP contribution in [0.5, 0.6) is 0 Å². The number of hydrogen-bond donors (Lipinski definition) is 1. The highest BCUT2D eigenvalue weighted by Crippen LogP contribution is 2.29. The summed E-state index contributed by atoms with van der Waals surface area (Å²) < 4.78 is 0. The fourth-order valence-electron chi connectivity index (χ4n) is 3.14. The zero-order valence-electron chi connectivity index (χ0n) is 15.1. The number of thiazole rings is 1. The van der Waals surface area contributed by atoms with Gasteiger partial charge in [-0.15, -0.1) is 46.7 Å². The summed E-state index contributed by atoms with van der Waals surface area (Å²) in [6, 6.07) is 4.41. The number of guanidine groups is 1. The van der Waals surface area contributed by atoms with E-state index in [1.165, 1.54) is 22.6 Å². The van der Waals surface area contributed by atoms with E-state index >= 15 is 0 Å². The molecule has 1 aliphatic rings. The predicted octanol–water partition coefficient (Wildman–Crippen LogP) is 4.65. The van der Waals surface area contributed by atoms with Crippen LogP contribution in [0.4, 0.5) is 0 Å². The Labute approximate surface area is 175 Å². The minimum atomic E-state index is 0. The number of aryl methyl sites for hydroxylation is 1. The first-order chi connectivity index (χ1) is 11.7. The summed E-state index contributed by atoms with van der Waals surface area (Å²) in [7, 11) is 1.88. The molecule has 1 fully saturated rings. The first kappa shape index (κ1) is 20.6. The highest BCUT2D eigenvalue weighted by Gasteiger charge is 2.18. The molecular weight excluding hydrogens is 463 g/mol. The van der Waals surface area contributed by atoms with Crippen molar-refractivity contribution in [3.05, 3.63) is 27.4 Å². The Morgan fingerprint density at radius 3 is 2.96 bits per heavy atom. The Morgan fingerprint density at radius 1 is 1.44 bits per heavy atom. The average Bonchev–Trinajstić information content (AvgIpc) is 3.20. The zero-order chi connectivity index (χ0) is 16.9. The van der Waals surface area contributed by atoms with Gasteiger partial charge in [0.05, 0.1) is 15.6 Å². The van der Waals surface area contributed by atoms with Gasteiger partial charge in [0.25, 0.3) is 0 Å². The SMILES string of the molecule is CN=C(NCCc1ccc(-c2csc(C)n2)s1)N1CCCC(C)C1.I. The standard InChI is InChI=1S/C18H26N4S2.HI/c1-13-5-4-10-22(11-13)18(19-3)20-9-8-15-6-7-17(24-15)16-12-23-14(2)21-16;/h6-7,12-13H,4-5,8-11H2,1-3H3,(H,19,20);1H. The van der Waals surface area contributed by atoms with Crippen LogP contribution in [0.25, 0.3) is 10.6 Å². The number of piperidine rings is 1. The summed E-state index contributed by atoms with van der Waals surface area (Å²) in [6.07, 6.45) is 3.63. The second kappa shape index (κ2) is 9.87. The topological polar surface area (TPSA) is 40.5 Å². The smallest absolute Gasteiger partial charge is 0.193 e. The van der Waals surface area contributed by atoms with E-state index in [0.717, 1.165) is 48.6 Å². The molecule has 0 bridgehead atoms.